The fourth-order valence-electron chi connectivity index (χ4n) is 1.93. The van der Waals surface area contributed by atoms with Crippen molar-refractivity contribution < 1.29 is 18.8 Å². The molecule has 2 N–H and O–H groups in total. The number of primary amides is 1. The van der Waals surface area contributed by atoms with E-state index < -0.39 is 17.6 Å². The Kier molecular flexibility index (Phi) is 3.15. The summed E-state index contributed by atoms with van der Waals surface area (Å²) in [6.07, 6.45) is 0. The molecule has 1 amide bonds. The van der Waals surface area contributed by atoms with Crippen molar-refractivity contribution in [2.24, 2.45) is 5.73 Å². The maximum Gasteiger partial charge on any atom is 0.346 e. The second-order valence-corrected chi connectivity index (χ2v) is 4.08. The number of methoxy groups -OCH3 is 1. The van der Waals surface area contributed by atoms with E-state index >= 15 is 0 Å². The van der Waals surface area contributed by atoms with E-state index in [0.717, 1.165) is 0 Å². The molecule has 8 nitrogen and oxygen atoms in total. The lowest BCUT2D eigenvalue weighted by Crippen LogP contribution is -2.33. The zero-order chi connectivity index (χ0) is 15.0. The largest absolute Gasteiger partial charge is 0.805 e. The number of nitrogens with two attached hydrogens (primary N) is 1. The van der Waals surface area contributed by atoms with Crippen LogP contribution in [0.1, 0.15) is 26.5 Å². The van der Waals surface area contributed by atoms with Gasteiger partial charge in [-0.3, -0.25) is 4.79 Å². The first kappa shape index (κ1) is 13.5. The Labute approximate surface area is 112 Å². The molecule has 0 unspecified atom stereocenters. The van der Waals surface area contributed by atoms with Crippen LogP contribution in [0.15, 0.2) is 18.2 Å². The fraction of sp³-hybridized carbons (Fsp3) is 0.167. The molecule has 2 rings (SSSR count). The molecular formula is C12H11N3O5. The molecular weight excluding hydrogens is 266 g/mol. The number of fused-ring (bicyclic) bond motifs is 1. The van der Waals surface area contributed by atoms with Crippen LogP contribution in [0.25, 0.3) is 11.0 Å². The Morgan fingerprint density at radius 1 is 1.40 bits per heavy atom. The summed E-state index contributed by atoms with van der Waals surface area (Å²) in [5.41, 5.74) is 4.50. The Bertz CT molecular complexity index is 794. The molecule has 0 aliphatic rings. The van der Waals surface area contributed by atoms with E-state index in [1.165, 1.54) is 32.2 Å². The van der Waals surface area contributed by atoms with Gasteiger partial charge in [0.05, 0.1) is 22.8 Å². The molecule has 104 valence electrons. The SMILES string of the molecule is COC(=O)c1ccc2c(c1)[n+](=O)c(C(N)=O)c(C)n2[O-]. The number of hydrogen-bond acceptors (Lipinski definition) is 5. The number of rotatable bonds is 2. The van der Waals surface area contributed by atoms with Gasteiger partial charge in [-0.2, -0.15) is 0 Å². The molecule has 0 aliphatic heterocycles. The van der Waals surface area contributed by atoms with Crippen LogP contribution < -0.4 is 10.2 Å². The van der Waals surface area contributed by atoms with E-state index in [1.807, 2.05) is 0 Å². The van der Waals surface area contributed by atoms with Crippen molar-refractivity contribution in [3.8, 4) is 0 Å². The van der Waals surface area contributed by atoms with Gasteiger partial charge in [0.1, 0.15) is 5.52 Å². The first-order valence-corrected chi connectivity index (χ1v) is 5.56. The summed E-state index contributed by atoms with van der Waals surface area (Å²) < 4.78 is 5.20. The standard InChI is InChI=1S/C12H11N3O5/c1-6-10(11(13)16)15(19)9-5-7(12(17)20-2)3-4-8(9)14(6)18/h3-5H,1-2H3,(H2,13,16). The van der Waals surface area contributed by atoms with Crippen LogP contribution in [-0.2, 0) is 4.74 Å². The third kappa shape index (κ3) is 1.87. The van der Waals surface area contributed by atoms with Gasteiger partial charge >= 0.3 is 17.6 Å². The van der Waals surface area contributed by atoms with Gasteiger partial charge in [-0.1, -0.05) is 0 Å². The van der Waals surface area contributed by atoms with Crippen molar-refractivity contribution in [1.82, 2.24) is 4.73 Å². The second-order valence-electron chi connectivity index (χ2n) is 4.08. The summed E-state index contributed by atoms with van der Waals surface area (Å²) in [5, 5.41) is 12.0. The van der Waals surface area contributed by atoms with Gasteiger partial charge in [-0.25, -0.2) is 4.79 Å². The zero-order valence-corrected chi connectivity index (χ0v) is 10.7. The fourth-order valence-corrected chi connectivity index (χ4v) is 1.93. The monoisotopic (exact) mass is 277 g/mol. The normalized spacial score (nSPS) is 10.5. The van der Waals surface area contributed by atoms with Crippen LogP contribution in [0.3, 0.4) is 0 Å². The molecule has 1 aromatic heterocycles. The van der Waals surface area contributed by atoms with E-state index in [2.05, 4.69) is 4.74 Å². The van der Waals surface area contributed by atoms with Crippen LogP contribution in [0.5, 0.6) is 0 Å². The predicted molar refractivity (Wildman–Crippen MR) is 68.7 cm³/mol. The molecule has 0 bridgehead atoms. The Balaban J connectivity index is 2.92. The predicted octanol–water partition coefficient (Wildman–Crippen LogP) is 0.0956. The highest BCUT2D eigenvalue weighted by atomic mass is 16.5. The maximum atomic E-state index is 12.1. The van der Waals surface area contributed by atoms with Crippen LogP contribution in [0.4, 0.5) is 0 Å². The van der Waals surface area contributed by atoms with Crippen molar-refractivity contribution in [3.05, 3.63) is 45.3 Å². The topological polar surface area (TPSA) is 120 Å². The van der Waals surface area contributed by atoms with Gasteiger partial charge in [0, 0.05) is 11.0 Å². The van der Waals surface area contributed by atoms with E-state index in [0.29, 0.717) is 4.73 Å². The molecule has 20 heavy (non-hydrogen) atoms. The first-order chi connectivity index (χ1) is 9.38. The van der Waals surface area contributed by atoms with Crippen LogP contribution in [-0.4, -0.2) is 23.7 Å². The van der Waals surface area contributed by atoms with Gasteiger partial charge in [0.15, 0.2) is 0 Å². The lowest BCUT2D eigenvalue weighted by Gasteiger charge is -2.15. The Morgan fingerprint density at radius 2 is 2.05 bits per heavy atom. The van der Waals surface area contributed by atoms with Gasteiger partial charge in [0.25, 0.3) is 5.52 Å². The minimum atomic E-state index is -1.02. The highest BCUT2D eigenvalue weighted by Crippen LogP contribution is 2.16. The van der Waals surface area contributed by atoms with Crippen LogP contribution >= 0.6 is 0 Å². The molecule has 0 aliphatic carbocycles. The molecule has 0 fully saturated rings. The van der Waals surface area contributed by atoms with Crippen molar-refractivity contribution in [3.63, 3.8) is 0 Å². The summed E-state index contributed by atoms with van der Waals surface area (Å²) in [4.78, 5) is 34.8. The highest BCUT2D eigenvalue weighted by Gasteiger charge is 2.25. The van der Waals surface area contributed by atoms with Crippen LogP contribution in [0, 0.1) is 17.0 Å². The van der Waals surface area contributed by atoms with Gasteiger partial charge in [-0.05, 0) is 19.1 Å². The molecule has 2 aromatic rings. The smallest absolute Gasteiger partial charge is 0.346 e. The maximum absolute atomic E-state index is 12.1. The summed E-state index contributed by atoms with van der Waals surface area (Å²) in [6.45, 7) is 1.31. The number of carbonyl (C=O) groups is 2. The molecule has 0 spiro atoms. The van der Waals surface area contributed by atoms with E-state index in [4.69, 9.17) is 5.73 Å². The lowest BCUT2D eigenvalue weighted by molar-refractivity contribution is -0.468. The number of nitrogens with zero attached hydrogens (tertiary/aromatic N) is 2. The summed E-state index contributed by atoms with van der Waals surface area (Å²) in [6, 6.07) is 3.83. The molecule has 0 atom stereocenters. The first-order valence-electron chi connectivity index (χ1n) is 5.56. The number of amides is 1. The van der Waals surface area contributed by atoms with Crippen molar-refractivity contribution in [2.45, 2.75) is 6.92 Å². The Hall–Kier alpha value is -2.90. The van der Waals surface area contributed by atoms with E-state index in [1.54, 1.807) is 0 Å². The minimum Gasteiger partial charge on any atom is -0.805 e. The van der Waals surface area contributed by atoms with Crippen molar-refractivity contribution in [1.29, 1.82) is 0 Å². The third-order valence-electron chi connectivity index (χ3n) is 2.92. The summed E-state index contributed by atoms with van der Waals surface area (Å²) in [5.74, 6) is -1.68. The molecule has 0 radical (unpaired) electrons. The number of hydrogen-bond donors (Lipinski definition) is 1. The van der Waals surface area contributed by atoms with E-state index in [9.17, 15) is 19.7 Å². The molecule has 0 saturated carbocycles. The van der Waals surface area contributed by atoms with E-state index in [-0.39, 0.29) is 26.7 Å². The number of carbonyl (C=O) groups excluding carboxylic acids is 2. The Morgan fingerprint density at radius 3 is 2.60 bits per heavy atom. The molecule has 1 heterocycles. The van der Waals surface area contributed by atoms with Crippen LogP contribution in [0.2, 0.25) is 0 Å². The summed E-state index contributed by atoms with van der Waals surface area (Å²) >= 11 is 0. The quantitative estimate of drug-likeness (QED) is 0.616. The number of aromatic nitrogens is 2. The van der Waals surface area contributed by atoms with Gasteiger partial charge in [-0.15, -0.1) is 0 Å². The van der Waals surface area contributed by atoms with Crippen molar-refractivity contribution >= 4 is 22.9 Å². The van der Waals surface area contributed by atoms with Gasteiger partial charge in [0.2, 0.25) is 0 Å². The summed E-state index contributed by atoms with van der Waals surface area (Å²) in [7, 11) is 1.19. The average molecular weight is 277 g/mol. The average Bonchev–Trinajstić information content (AvgIpc) is 2.43. The number of esters is 1. The number of benzene rings is 1. The zero-order valence-electron chi connectivity index (χ0n) is 10.7. The van der Waals surface area contributed by atoms with Gasteiger partial charge < -0.3 is 20.4 Å². The molecule has 0 saturated heterocycles. The minimum absolute atomic E-state index is 0.0233. The third-order valence-corrected chi connectivity index (χ3v) is 2.92. The highest BCUT2D eigenvalue weighted by molar-refractivity contribution is 5.94. The molecule has 1 aromatic carbocycles. The second kappa shape index (κ2) is 4.65. The lowest BCUT2D eigenvalue weighted by atomic mass is 10.1. The number of ether oxygens (including phenoxy) is 1. The molecule has 8 heteroatoms. The van der Waals surface area contributed by atoms with Crippen molar-refractivity contribution in [2.75, 3.05) is 7.11 Å².